The van der Waals surface area contributed by atoms with Gasteiger partial charge in [0.2, 0.25) is 5.91 Å². The number of carbonyl (C=O) groups is 1. The average molecular weight is 266 g/mol. The molecule has 6 heteroatoms. The molecule has 1 atom stereocenters. The van der Waals surface area contributed by atoms with E-state index in [1.54, 1.807) is 0 Å². The van der Waals surface area contributed by atoms with Gasteiger partial charge in [0.25, 0.3) is 0 Å². The van der Waals surface area contributed by atoms with E-state index < -0.39 is 24.7 Å². The van der Waals surface area contributed by atoms with Crippen molar-refractivity contribution in [2.24, 2.45) is 5.92 Å². The Hall–Kier alpha value is -0.780. The first-order chi connectivity index (χ1) is 8.29. The highest BCUT2D eigenvalue weighted by atomic mass is 19.4. The molecule has 1 saturated heterocycles. The van der Waals surface area contributed by atoms with Crippen molar-refractivity contribution in [1.82, 2.24) is 10.2 Å². The number of nitrogens with one attached hydrogen (secondary N) is 1. The van der Waals surface area contributed by atoms with E-state index in [4.69, 9.17) is 0 Å². The van der Waals surface area contributed by atoms with E-state index in [1.807, 2.05) is 13.8 Å². The Bertz CT molecular complexity index is 273. The van der Waals surface area contributed by atoms with Gasteiger partial charge in [0.1, 0.15) is 6.54 Å². The van der Waals surface area contributed by atoms with Crippen LogP contribution in [0.2, 0.25) is 0 Å². The second-order valence-electron chi connectivity index (χ2n) is 5.23. The molecule has 1 fully saturated rings. The zero-order valence-corrected chi connectivity index (χ0v) is 10.9. The van der Waals surface area contributed by atoms with E-state index in [0.717, 1.165) is 17.7 Å². The number of piperidine rings is 1. The molecule has 0 aromatic heterocycles. The molecule has 1 N–H and O–H groups in total. The van der Waals surface area contributed by atoms with E-state index in [2.05, 4.69) is 5.32 Å². The standard InChI is InChI=1S/C12H21F3N2O/c1-9(2)7-17(8-12(13,14)15)11(18)10-5-3-4-6-16-10/h9-10,16H,3-8H2,1-2H3/t10-/m1/s1. The number of halogens is 3. The van der Waals surface area contributed by atoms with E-state index in [9.17, 15) is 18.0 Å². The SMILES string of the molecule is CC(C)CN(CC(F)(F)F)C(=O)[C@H]1CCCCN1. The molecule has 0 unspecified atom stereocenters. The lowest BCUT2D eigenvalue weighted by Crippen LogP contribution is -2.51. The summed E-state index contributed by atoms with van der Waals surface area (Å²) >= 11 is 0. The lowest BCUT2D eigenvalue weighted by atomic mass is 10.0. The topological polar surface area (TPSA) is 32.3 Å². The summed E-state index contributed by atoms with van der Waals surface area (Å²) in [5.74, 6) is -0.388. The third kappa shape index (κ3) is 5.25. The maximum atomic E-state index is 12.5. The Kier molecular flexibility index (Phi) is 5.44. The minimum Gasteiger partial charge on any atom is -0.332 e. The van der Waals surface area contributed by atoms with Gasteiger partial charge < -0.3 is 10.2 Å². The van der Waals surface area contributed by atoms with E-state index in [-0.39, 0.29) is 12.5 Å². The monoisotopic (exact) mass is 266 g/mol. The van der Waals surface area contributed by atoms with Crippen LogP contribution in [-0.4, -0.2) is 42.7 Å². The molecule has 106 valence electrons. The van der Waals surface area contributed by atoms with Crippen LogP contribution in [0.3, 0.4) is 0 Å². The molecule has 3 nitrogen and oxygen atoms in total. The van der Waals surface area contributed by atoms with Crippen LogP contribution in [0.1, 0.15) is 33.1 Å². The smallest absolute Gasteiger partial charge is 0.332 e. The third-order valence-electron chi connectivity index (χ3n) is 2.88. The van der Waals surface area contributed by atoms with E-state index in [0.29, 0.717) is 13.0 Å². The van der Waals surface area contributed by atoms with Gasteiger partial charge in [0.15, 0.2) is 0 Å². The Morgan fingerprint density at radius 3 is 2.50 bits per heavy atom. The highest BCUT2D eigenvalue weighted by molar-refractivity contribution is 5.82. The molecule has 0 saturated carbocycles. The normalized spacial score (nSPS) is 21.1. The highest BCUT2D eigenvalue weighted by Gasteiger charge is 2.35. The summed E-state index contributed by atoms with van der Waals surface area (Å²) in [6.07, 6.45) is -1.83. The van der Waals surface area contributed by atoms with Gasteiger partial charge in [-0.05, 0) is 25.3 Å². The van der Waals surface area contributed by atoms with Crippen LogP contribution in [0.4, 0.5) is 13.2 Å². The Morgan fingerprint density at radius 2 is 2.06 bits per heavy atom. The van der Waals surface area contributed by atoms with Gasteiger partial charge in [-0.2, -0.15) is 13.2 Å². The van der Waals surface area contributed by atoms with Gasteiger partial charge in [-0.25, -0.2) is 0 Å². The minimum absolute atomic E-state index is 0.0277. The molecule has 0 aliphatic carbocycles. The quantitative estimate of drug-likeness (QED) is 0.846. The summed E-state index contributed by atoms with van der Waals surface area (Å²) in [5.41, 5.74) is 0. The summed E-state index contributed by atoms with van der Waals surface area (Å²) in [4.78, 5) is 13.0. The maximum absolute atomic E-state index is 12.5. The molecular weight excluding hydrogens is 245 g/mol. The molecule has 0 aromatic carbocycles. The molecule has 0 spiro atoms. The first-order valence-electron chi connectivity index (χ1n) is 6.38. The second-order valence-corrected chi connectivity index (χ2v) is 5.23. The van der Waals surface area contributed by atoms with Gasteiger partial charge in [-0.15, -0.1) is 0 Å². The van der Waals surface area contributed by atoms with Crippen molar-refractivity contribution < 1.29 is 18.0 Å². The molecule has 1 amide bonds. The van der Waals surface area contributed by atoms with Gasteiger partial charge in [0.05, 0.1) is 6.04 Å². The number of rotatable bonds is 4. The maximum Gasteiger partial charge on any atom is 0.406 e. The van der Waals surface area contributed by atoms with Gasteiger partial charge in [-0.1, -0.05) is 20.3 Å². The average Bonchev–Trinajstić information content (AvgIpc) is 2.26. The van der Waals surface area contributed by atoms with Crippen LogP contribution >= 0.6 is 0 Å². The summed E-state index contributed by atoms with van der Waals surface area (Å²) in [6.45, 7) is 3.33. The predicted molar refractivity (Wildman–Crippen MR) is 63.1 cm³/mol. The summed E-state index contributed by atoms with van der Waals surface area (Å²) in [5, 5.41) is 3.00. The number of carbonyl (C=O) groups excluding carboxylic acids is 1. The van der Waals surface area contributed by atoms with Crippen molar-refractivity contribution in [3.63, 3.8) is 0 Å². The van der Waals surface area contributed by atoms with Crippen LogP contribution in [0.15, 0.2) is 0 Å². The van der Waals surface area contributed by atoms with Crippen LogP contribution in [0.5, 0.6) is 0 Å². The fraction of sp³-hybridized carbons (Fsp3) is 0.917. The van der Waals surface area contributed by atoms with Gasteiger partial charge >= 0.3 is 6.18 Å². The number of alkyl halides is 3. The van der Waals surface area contributed by atoms with Crippen molar-refractivity contribution in [3.05, 3.63) is 0 Å². The molecule has 1 heterocycles. The molecule has 0 aromatic rings. The fourth-order valence-electron chi connectivity index (χ4n) is 2.17. The van der Waals surface area contributed by atoms with Crippen molar-refractivity contribution >= 4 is 5.91 Å². The molecule has 1 aliphatic rings. The van der Waals surface area contributed by atoms with Crippen molar-refractivity contribution in [2.75, 3.05) is 19.6 Å². The first kappa shape index (κ1) is 15.3. The molecule has 0 bridgehead atoms. The Morgan fingerprint density at radius 1 is 1.39 bits per heavy atom. The predicted octanol–water partition coefficient (Wildman–Crippen LogP) is 2.18. The van der Waals surface area contributed by atoms with E-state index >= 15 is 0 Å². The first-order valence-corrected chi connectivity index (χ1v) is 6.38. The van der Waals surface area contributed by atoms with Gasteiger partial charge in [-0.3, -0.25) is 4.79 Å². The van der Waals surface area contributed by atoms with Crippen molar-refractivity contribution in [2.45, 2.75) is 45.3 Å². The fourth-order valence-corrected chi connectivity index (χ4v) is 2.17. The zero-order valence-electron chi connectivity index (χ0n) is 10.9. The van der Waals surface area contributed by atoms with Crippen LogP contribution in [0, 0.1) is 5.92 Å². The molecule has 1 rings (SSSR count). The molecular formula is C12H21F3N2O. The number of amides is 1. The largest absolute Gasteiger partial charge is 0.406 e. The Balaban J connectivity index is 2.65. The van der Waals surface area contributed by atoms with Gasteiger partial charge in [0, 0.05) is 6.54 Å². The lowest BCUT2D eigenvalue weighted by Gasteiger charge is -2.31. The summed E-state index contributed by atoms with van der Waals surface area (Å²) < 4.78 is 37.4. The van der Waals surface area contributed by atoms with Crippen LogP contribution in [-0.2, 0) is 4.79 Å². The highest BCUT2D eigenvalue weighted by Crippen LogP contribution is 2.19. The van der Waals surface area contributed by atoms with Crippen LogP contribution < -0.4 is 5.32 Å². The molecule has 1 aliphatic heterocycles. The third-order valence-corrected chi connectivity index (χ3v) is 2.88. The minimum atomic E-state index is -4.33. The number of hydrogen-bond acceptors (Lipinski definition) is 2. The summed E-state index contributed by atoms with van der Waals surface area (Å²) in [7, 11) is 0. The lowest BCUT2D eigenvalue weighted by molar-refractivity contribution is -0.163. The number of nitrogens with zero attached hydrogens (tertiary/aromatic N) is 1. The Labute approximate surface area is 106 Å². The second kappa shape index (κ2) is 6.41. The molecule has 0 radical (unpaired) electrons. The van der Waals surface area contributed by atoms with Crippen LogP contribution in [0.25, 0.3) is 0 Å². The molecule has 18 heavy (non-hydrogen) atoms. The van der Waals surface area contributed by atoms with E-state index in [1.165, 1.54) is 0 Å². The van der Waals surface area contributed by atoms with Crippen molar-refractivity contribution in [1.29, 1.82) is 0 Å². The number of hydrogen-bond donors (Lipinski definition) is 1. The van der Waals surface area contributed by atoms with Crippen molar-refractivity contribution in [3.8, 4) is 0 Å². The zero-order chi connectivity index (χ0) is 13.8. The summed E-state index contributed by atoms with van der Waals surface area (Å²) in [6, 6.07) is -0.445.